The van der Waals surface area contributed by atoms with E-state index in [0.29, 0.717) is 11.4 Å². The number of benzene rings is 1. The van der Waals surface area contributed by atoms with Crippen molar-refractivity contribution in [1.82, 2.24) is 0 Å². The lowest BCUT2D eigenvalue weighted by Crippen LogP contribution is -2.03. The maximum atomic E-state index is 9.45. The zero-order valence-corrected chi connectivity index (χ0v) is 8.56. The highest BCUT2D eigenvalue weighted by Gasteiger charge is 2.07. The molecule has 0 fully saturated rings. The zero-order valence-electron chi connectivity index (χ0n) is 8.56. The Morgan fingerprint density at radius 1 is 1.31 bits per heavy atom. The molecule has 0 radical (unpaired) electrons. The first-order valence-corrected chi connectivity index (χ1v) is 4.36. The van der Waals surface area contributed by atoms with E-state index in [0.717, 1.165) is 0 Å². The molecule has 5 heteroatoms. The number of aliphatic hydroxyl groups is 1. The summed E-state index contributed by atoms with van der Waals surface area (Å²) in [5, 5.41) is 29.1. The van der Waals surface area contributed by atoms with Crippen LogP contribution in [0.25, 0.3) is 0 Å². The molecule has 0 saturated carbocycles. The van der Waals surface area contributed by atoms with Crippen molar-refractivity contribution in [3.63, 3.8) is 0 Å². The maximum Gasteiger partial charge on any atom is 0.218 e. The molecule has 0 aliphatic heterocycles. The van der Waals surface area contributed by atoms with Gasteiger partial charge in [0.2, 0.25) is 5.88 Å². The molecule has 1 aromatic rings. The number of aliphatic hydroxyl groups excluding tert-OH is 1. The number of nitriles is 2. The highest BCUT2D eigenvalue weighted by Crippen LogP contribution is 2.24. The number of ether oxygens (including phenoxy) is 1. The van der Waals surface area contributed by atoms with Gasteiger partial charge >= 0.3 is 0 Å². The molecule has 0 saturated heterocycles. The van der Waals surface area contributed by atoms with E-state index in [9.17, 15) is 5.11 Å². The number of anilines is 1. The third kappa shape index (κ3) is 2.43. The van der Waals surface area contributed by atoms with E-state index in [1.807, 2.05) is 0 Å². The van der Waals surface area contributed by atoms with Crippen LogP contribution >= 0.6 is 0 Å². The number of hydrogen-bond donors (Lipinski definition) is 2. The molecule has 1 aromatic carbocycles. The molecule has 0 unspecified atom stereocenters. The molecular formula is C11H9N3O2. The van der Waals surface area contributed by atoms with Crippen LogP contribution in [-0.4, -0.2) is 12.2 Å². The molecule has 16 heavy (non-hydrogen) atoms. The first-order chi connectivity index (χ1) is 7.72. The Morgan fingerprint density at radius 3 is 2.50 bits per heavy atom. The molecule has 0 aromatic heterocycles. The van der Waals surface area contributed by atoms with Crippen LogP contribution in [0.2, 0.25) is 0 Å². The lowest BCUT2D eigenvalue weighted by Gasteiger charge is -2.09. The minimum absolute atomic E-state index is 0.383. The van der Waals surface area contributed by atoms with Crippen LogP contribution in [0.15, 0.2) is 35.7 Å². The fraction of sp³-hybridized carbons (Fsp3) is 0.0909. The molecule has 0 spiro atoms. The molecule has 0 aliphatic carbocycles. The van der Waals surface area contributed by atoms with Crippen LogP contribution in [0.1, 0.15) is 0 Å². The van der Waals surface area contributed by atoms with E-state index in [-0.39, 0.29) is 5.57 Å². The van der Waals surface area contributed by atoms with Crippen LogP contribution in [0.5, 0.6) is 5.75 Å². The van der Waals surface area contributed by atoms with Gasteiger partial charge in [-0.15, -0.1) is 0 Å². The molecule has 0 bridgehead atoms. The topological polar surface area (TPSA) is 89.1 Å². The van der Waals surface area contributed by atoms with Gasteiger partial charge in [0, 0.05) is 0 Å². The van der Waals surface area contributed by atoms with Crippen molar-refractivity contribution in [3.8, 4) is 17.9 Å². The Labute approximate surface area is 92.8 Å². The molecule has 0 heterocycles. The summed E-state index contributed by atoms with van der Waals surface area (Å²) >= 11 is 0. The smallest absolute Gasteiger partial charge is 0.218 e. The number of methoxy groups -OCH3 is 1. The predicted octanol–water partition coefficient (Wildman–Crippen LogP) is 1.92. The SMILES string of the molecule is COc1ccccc1NC(O)=C(C#N)C#N. The summed E-state index contributed by atoms with van der Waals surface area (Å²) in [5.41, 5.74) is 0.0939. The van der Waals surface area contributed by atoms with E-state index in [4.69, 9.17) is 15.3 Å². The second-order valence-corrected chi connectivity index (χ2v) is 2.77. The van der Waals surface area contributed by atoms with Gasteiger partial charge in [0.05, 0.1) is 12.8 Å². The van der Waals surface area contributed by atoms with Gasteiger partial charge in [0.25, 0.3) is 0 Å². The predicted molar refractivity (Wildman–Crippen MR) is 57.5 cm³/mol. The summed E-state index contributed by atoms with van der Waals surface area (Å²) in [6, 6.07) is 9.99. The van der Waals surface area contributed by atoms with Gasteiger partial charge in [-0.2, -0.15) is 10.5 Å². The monoisotopic (exact) mass is 215 g/mol. The summed E-state index contributed by atoms with van der Waals surface area (Å²) in [6.07, 6.45) is 0. The second kappa shape index (κ2) is 5.28. The number of nitrogens with one attached hydrogen (secondary N) is 1. The number of para-hydroxylation sites is 2. The van der Waals surface area contributed by atoms with Crippen LogP contribution in [0, 0.1) is 22.7 Å². The molecule has 0 aliphatic rings. The average Bonchev–Trinajstić information content (AvgIpc) is 2.31. The van der Waals surface area contributed by atoms with E-state index in [1.54, 1.807) is 36.4 Å². The van der Waals surface area contributed by atoms with Gasteiger partial charge in [0.15, 0.2) is 5.57 Å². The van der Waals surface area contributed by atoms with Crippen molar-refractivity contribution in [1.29, 1.82) is 10.5 Å². The molecule has 1 rings (SSSR count). The first-order valence-electron chi connectivity index (χ1n) is 4.36. The van der Waals surface area contributed by atoms with Crippen molar-refractivity contribution in [3.05, 3.63) is 35.7 Å². The Morgan fingerprint density at radius 2 is 1.94 bits per heavy atom. The van der Waals surface area contributed by atoms with Crippen LogP contribution in [0.3, 0.4) is 0 Å². The van der Waals surface area contributed by atoms with E-state index < -0.39 is 5.88 Å². The van der Waals surface area contributed by atoms with Crippen molar-refractivity contribution < 1.29 is 9.84 Å². The standard InChI is InChI=1S/C11H9N3O2/c1-16-10-5-3-2-4-9(10)14-11(15)8(6-12)7-13/h2-5,14-15H,1H3. The van der Waals surface area contributed by atoms with Gasteiger partial charge < -0.3 is 15.2 Å². The molecule has 2 N–H and O–H groups in total. The minimum atomic E-state index is -0.491. The maximum absolute atomic E-state index is 9.45. The van der Waals surface area contributed by atoms with Crippen molar-refractivity contribution in [2.24, 2.45) is 0 Å². The molecule has 80 valence electrons. The summed E-state index contributed by atoms with van der Waals surface area (Å²) in [6.45, 7) is 0. The number of rotatable bonds is 3. The zero-order chi connectivity index (χ0) is 12.0. The third-order valence-corrected chi connectivity index (χ3v) is 1.82. The fourth-order valence-corrected chi connectivity index (χ4v) is 1.07. The highest BCUT2D eigenvalue weighted by molar-refractivity contribution is 5.60. The van der Waals surface area contributed by atoms with Crippen LogP contribution in [0.4, 0.5) is 5.69 Å². The van der Waals surface area contributed by atoms with E-state index >= 15 is 0 Å². The first kappa shape index (κ1) is 11.4. The van der Waals surface area contributed by atoms with Gasteiger partial charge in [0.1, 0.15) is 17.9 Å². The normalized spacial score (nSPS) is 8.44. The summed E-state index contributed by atoms with van der Waals surface area (Å²) in [5.74, 6) is 0.0128. The van der Waals surface area contributed by atoms with Gasteiger partial charge in [-0.05, 0) is 12.1 Å². The van der Waals surface area contributed by atoms with Crippen LogP contribution in [-0.2, 0) is 0 Å². The fourth-order valence-electron chi connectivity index (χ4n) is 1.07. The minimum Gasteiger partial charge on any atom is -0.495 e. The molecule has 0 amide bonds. The van der Waals surface area contributed by atoms with Crippen LogP contribution < -0.4 is 10.1 Å². The Balaban J connectivity index is 3.03. The average molecular weight is 215 g/mol. The molecule has 0 atom stereocenters. The molecule has 5 nitrogen and oxygen atoms in total. The number of nitrogens with zero attached hydrogens (tertiary/aromatic N) is 2. The lowest BCUT2D eigenvalue weighted by molar-refractivity contribution is 0.405. The number of allylic oxidation sites excluding steroid dienone is 1. The Kier molecular flexibility index (Phi) is 3.77. The Hall–Kier alpha value is -2.66. The van der Waals surface area contributed by atoms with Gasteiger partial charge in [-0.3, -0.25) is 0 Å². The van der Waals surface area contributed by atoms with Crippen molar-refractivity contribution in [2.75, 3.05) is 12.4 Å². The van der Waals surface area contributed by atoms with Crippen molar-refractivity contribution in [2.45, 2.75) is 0 Å². The number of hydrogen-bond acceptors (Lipinski definition) is 5. The highest BCUT2D eigenvalue weighted by atomic mass is 16.5. The quantitative estimate of drug-likeness (QED) is 0.594. The summed E-state index contributed by atoms with van der Waals surface area (Å²) < 4.78 is 5.03. The Bertz CT molecular complexity index is 479. The second-order valence-electron chi connectivity index (χ2n) is 2.77. The largest absolute Gasteiger partial charge is 0.495 e. The summed E-state index contributed by atoms with van der Waals surface area (Å²) in [4.78, 5) is 0. The van der Waals surface area contributed by atoms with E-state index in [2.05, 4.69) is 5.32 Å². The lowest BCUT2D eigenvalue weighted by atomic mass is 10.2. The third-order valence-electron chi connectivity index (χ3n) is 1.82. The van der Waals surface area contributed by atoms with E-state index in [1.165, 1.54) is 7.11 Å². The molecular weight excluding hydrogens is 206 g/mol. The van der Waals surface area contributed by atoms with Gasteiger partial charge in [-0.25, -0.2) is 0 Å². The van der Waals surface area contributed by atoms with Crippen molar-refractivity contribution >= 4 is 5.69 Å². The van der Waals surface area contributed by atoms with Gasteiger partial charge in [-0.1, -0.05) is 12.1 Å². The summed E-state index contributed by atoms with van der Waals surface area (Å²) in [7, 11) is 1.48.